The second kappa shape index (κ2) is 6.54. The molecule has 2 nitrogen and oxygen atoms in total. The second-order valence-corrected chi connectivity index (χ2v) is 5.32. The molecule has 0 fully saturated rings. The average Bonchev–Trinajstić information content (AvgIpc) is 2.59. The summed E-state index contributed by atoms with van der Waals surface area (Å²) >= 11 is 0. The third kappa shape index (κ3) is 3.07. The maximum atomic E-state index is 12.6. The Labute approximate surface area is 130 Å². The zero-order chi connectivity index (χ0) is 15.4. The molecule has 0 bridgehead atoms. The highest BCUT2D eigenvalue weighted by atomic mass is 16.5. The van der Waals surface area contributed by atoms with Crippen LogP contribution in [-0.4, -0.2) is 12.9 Å². The van der Waals surface area contributed by atoms with Gasteiger partial charge >= 0.3 is 0 Å². The molecule has 0 amide bonds. The summed E-state index contributed by atoms with van der Waals surface area (Å²) in [7, 11) is 1.64. The van der Waals surface area contributed by atoms with Crippen LogP contribution in [0.2, 0.25) is 0 Å². The van der Waals surface area contributed by atoms with Crippen LogP contribution in [0.15, 0.2) is 72.8 Å². The average molecular weight is 290 g/mol. The molecule has 22 heavy (non-hydrogen) atoms. The third-order valence-electron chi connectivity index (χ3n) is 3.90. The van der Waals surface area contributed by atoms with Crippen LogP contribution in [0.3, 0.4) is 0 Å². The van der Waals surface area contributed by atoms with Gasteiger partial charge in [0.05, 0.1) is 6.10 Å². The van der Waals surface area contributed by atoms with Gasteiger partial charge in [-0.2, -0.15) is 0 Å². The number of rotatable bonds is 5. The Morgan fingerprint density at radius 1 is 0.909 bits per heavy atom. The molecule has 1 unspecified atom stereocenters. The maximum absolute atomic E-state index is 12.6. The first-order valence-corrected chi connectivity index (χ1v) is 7.37. The van der Waals surface area contributed by atoms with E-state index in [1.54, 1.807) is 7.11 Å². The smallest absolute Gasteiger partial charge is 0.165 e. The Morgan fingerprint density at radius 2 is 1.59 bits per heavy atom. The minimum atomic E-state index is -0.208. The lowest BCUT2D eigenvalue weighted by atomic mass is 9.98. The van der Waals surface area contributed by atoms with Crippen molar-refractivity contribution in [1.82, 2.24) is 0 Å². The predicted octanol–water partition coefficient (Wildman–Crippen LogP) is 4.80. The molecular weight excluding hydrogens is 272 g/mol. The number of Topliss-reactive ketones (excluding diaryl/α,β-unsaturated/α-hetero) is 1. The van der Waals surface area contributed by atoms with Crippen molar-refractivity contribution in [3.05, 3.63) is 83.9 Å². The van der Waals surface area contributed by atoms with Gasteiger partial charge in [-0.25, -0.2) is 0 Å². The number of fused-ring (bicyclic) bond motifs is 1. The van der Waals surface area contributed by atoms with Crippen LogP contribution in [-0.2, 0) is 4.74 Å². The molecule has 0 N–H and O–H groups in total. The first-order chi connectivity index (χ1) is 10.8. The van der Waals surface area contributed by atoms with E-state index < -0.39 is 0 Å². The van der Waals surface area contributed by atoms with Crippen molar-refractivity contribution < 1.29 is 9.53 Å². The number of hydrogen-bond acceptors (Lipinski definition) is 2. The SMILES string of the molecule is COC(CC(=O)c1ccc2ccccc2c1)c1ccccc1. The quantitative estimate of drug-likeness (QED) is 0.631. The molecule has 3 rings (SSSR count). The van der Waals surface area contributed by atoms with Crippen molar-refractivity contribution in [3.8, 4) is 0 Å². The van der Waals surface area contributed by atoms with Crippen molar-refractivity contribution in [3.63, 3.8) is 0 Å². The van der Waals surface area contributed by atoms with Gasteiger partial charge in [0.25, 0.3) is 0 Å². The fraction of sp³-hybridized carbons (Fsp3) is 0.150. The molecule has 1 atom stereocenters. The monoisotopic (exact) mass is 290 g/mol. The van der Waals surface area contributed by atoms with E-state index in [9.17, 15) is 4.79 Å². The normalized spacial score (nSPS) is 12.2. The number of ether oxygens (including phenoxy) is 1. The van der Waals surface area contributed by atoms with Crippen LogP contribution < -0.4 is 0 Å². The Balaban J connectivity index is 1.83. The molecule has 0 spiro atoms. The lowest BCUT2D eigenvalue weighted by molar-refractivity contribution is 0.0730. The Bertz CT molecular complexity index is 778. The van der Waals surface area contributed by atoms with Crippen LogP contribution in [0.4, 0.5) is 0 Å². The fourth-order valence-corrected chi connectivity index (χ4v) is 2.65. The van der Waals surface area contributed by atoms with Crippen LogP contribution in [0.25, 0.3) is 10.8 Å². The Morgan fingerprint density at radius 3 is 2.32 bits per heavy atom. The molecule has 110 valence electrons. The van der Waals surface area contributed by atoms with Crippen LogP contribution >= 0.6 is 0 Å². The molecule has 0 aliphatic rings. The van der Waals surface area contributed by atoms with Crippen LogP contribution in [0, 0.1) is 0 Å². The summed E-state index contributed by atoms with van der Waals surface area (Å²) in [6, 6.07) is 23.8. The molecule has 3 aromatic carbocycles. The highest BCUT2D eigenvalue weighted by Crippen LogP contribution is 2.24. The van der Waals surface area contributed by atoms with Gasteiger partial charge in [0.1, 0.15) is 0 Å². The standard InChI is InChI=1S/C20H18O2/c1-22-20(16-8-3-2-4-9-16)14-19(21)18-12-11-15-7-5-6-10-17(15)13-18/h2-13,20H,14H2,1H3. The zero-order valence-electron chi connectivity index (χ0n) is 12.5. The Kier molecular flexibility index (Phi) is 4.31. The van der Waals surface area contributed by atoms with Gasteiger partial charge in [0.15, 0.2) is 5.78 Å². The molecule has 2 heteroatoms. The minimum Gasteiger partial charge on any atom is -0.376 e. The molecule has 0 aliphatic carbocycles. The highest BCUT2D eigenvalue weighted by molar-refractivity contribution is 6.00. The number of methoxy groups -OCH3 is 1. The first-order valence-electron chi connectivity index (χ1n) is 7.37. The molecule has 0 saturated carbocycles. The van der Waals surface area contributed by atoms with Gasteiger partial charge in [-0.1, -0.05) is 66.7 Å². The first kappa shape index (κ1) is 14.5. The van der Waals surface area contributed by atoms with E-state index in [2.05, 4.69) is 0 Å². The van der Waals surface area contributed by atoms with Gasteiger partial charge in [-0.3, -0.25) is 4.79 Å². The largest absolute Gasteiger partial charge is 0.376 e. The molecular formula is C20H18O2. The topological polar surface area (TPSA) is 26.3 Å². The van der Waals surface area contributed by atoms with E-state index in [0.29, 0.717) is 6.42 Å². The van der Waals surface area contributed by atoms with Gasteiger partial charge in [-0.15, -0.1) is 0 Å². The minimum absolute atomic E-state index is 0.0986. The van der Waals surface area contributed by atoms with Crippen LogP contribution in [0.5, 0.6) is 0 Å². The number of benzene rings is 3. The van der Waals surface area contributed by atoms with Crippen molar-refractivity contribution in [1.29, 1.82) is 0 Å². The van der Waals surface area contributed by atoms with Gasteiger partial charge in [-0.05, 0) is 22.4 Å². The summed E-state index contributed by atoms with van der Waals surface area (Å²) in [4.78, 5) is 12.6. The lowest BCUT2D eigenvalue weighted by Gasteiger charge is -2.15. The number of ketones is 1. The summed E-state index contributed by atoms with van der Waals surface area (Å²) < 4.78 is 5.50. The fourth-order valence-electron chi connectivity index (χ4n) is 2.65. The number of carbonyl (C=O) groups is 1. The number of hydrogen-bond donors (Lipinski definition) is 0. The predicted molar refractivity (Wildman–Crippen MR) is 89.1 cm³/mol. The molecule has 0 heterocycles. The van der Waals surface area contributed by atoms with Crippen molar-refractivity contribution in [2.75, 3.05) is 7.11 Å². The van der Waals surface area contributed by atoms with Gasteiger partial charge in [0.2, 0.25) is 0 Å². The van der Waals surface area contributed by atoms with E-state index >= 15 is 0 Å². The van der Waals surface area contributed by atoms with Crippen LogP contribution in [0.1, 0.15) is 28.4 Å². The second-order valence-electron chi connectivity index (χ2n) is 5.32. The van der Waals surface area contributed by atoms with Crippen molar-refractivity contribution in [2.45, 2.75) is 12.5 Å². The molecule has 0 saturated heterocycles. The van der Waals surface area contributed by atoms with E-state index in [4.69, 9.17) is 4.74 Å². The van der Waals surface area contributed by atoms with E-state index in [1.165, 1.54) is 0 Å². The summed E-state index contributed by atoms with van der Waals surface area (Å²) in [6.07, 6.45) is 0.138. The maximum Gasteiger partial charge on any atom is 0.165 e. The van der Waals surface area contributed by atoms with E-state index in [0.717, 1.165) is 21.9 Å². The highest BCUT2D eigenvalue weighted by Gasteiger charge is 2.16. The molecule has 0 radical (unpaired) electrons. The zero-order valence-corrected chi connectivity index (χ0v) is 12.5. The van der Waals surface area contributed by atoms with Crippen molar-refractivity contribution in [2.24, 2.45) is 0 Å². The molecule has 3 aromatic rings. The summed E-state index contributed by atoms with van der Waals surface area (Å²) in [6.45, 7) is 0. The summed E-state index contributed by atoms with van der Waals surface area (Å²) in [5, 5.41) is 2.23. The van der Waals surface area contributed by atoms with Gasteiger partial charge in [0, 0.05) is 19.1 Å². The van der Waals surface area contributed by atoms with Gasteiger partial charge < -0.3 is 4.74 Å². The Hall–Kier alpha value is -2.45. The summed E-state index contributed by atoms with van der Waals surface area (Å²) in [5.74, 6) is 0.0986. The van der Waals surface area contributed by atoms with Crippen molar-refractivity contribution >= 4 is 16.6 Å². The summed E-state index contributed by atoms with van der Waals surface area (Å²) in [5.41, 5.74) is 1.76. The third-order valence-corrected chi connectivity index (χ3v) is 3.90. The lowest BCUT2D eigenvalue weighted by Crippen LogP contribution is -2.09. The molecule has 0 aromatic heterocycles. The molecule has 0 aliphatic heterocycles. The van der Waals surface area contributed by atoms with E-state index in [1.807, 2.05) is 72.8 Å². The number of carbonyl (C=O) groups excluding carboxylic acids is 1. The van der Waals surface area contributed by atoms with E-state index in [-0.39, 0.29) is 11.9 Å².